The third-order valence-corrected chi connectivity index (χ3v) is 3.57. The highest BCUT2D eigenvalue weighted by Crippen LogP contribution is 2.40. The summed E-state index contributed by atoms with van der Waals surface area (Å²) >= 11 is 0. The van der Waals surface area contributed by atoms with Crippen LogP contribution in [0, 0.1) is 0 Å². The third-order valence-electron chi connectivity index (χ3n) is 3.57. The molecule has 2 aromatic rings. The molecule has 1 aliphatic rings. The van der Waals surface area contributed by atoms with Gasteiger partial charge in [0, 0.05) is 12.3 Å². The molecule has 0 aliphatic carbocycles. The Labute approximate surface area is 110 Å². The van der Waals surface area contributed by atoms with Gasteiger partial charge >= 0.3 is 0 Å². The van der Waals surface area contributed by atoms with E-state index in [-0.39, 0.29) is 5.92 Å². The minimum absolute atomic E-state index is 0.0819. The van der Waals surface area contributed by atoms with Crippen LogP contribution in [0.25, 0.3) is 0 Å². The second-order valence-electron chi connectivity index (χ2n) is 4.83. The van der Waals surface area contributed by atoms with E-state index in [1.807, 2.05) is 37.3 Å². The topological polar surface area (TPSA) is 50.9 Å². The average molecular weight is 261 g/mol. The maximum Gasteiger partial charge on any atom is 0.194 e. The molecule has 1 N–H and O–H groups in total. The molecule has 100 valence electrons. The molecule has 5 heteroatoms. The van der Waals surface area contributed by atoms with Gasteiger partial charge in [0.15, 0.2) is 12.1 Å². The van der Waals surface area contributed by atoms with Crippen molar-refractivity contribution in [3.05, 3.63) is 47.5 Å². The Balaban J connectivity index is 1.99. The monoisotopic (exact) mass is 261 g/mol. The van der Waals surface area contributed by atoms with Crippen LogP contribution in [-0.4, -0.2) is 19.9 Å². The second kappa shape index (κ2) is 4.74. The summed E-state index contributed by atoms with van der Waals surface area (Å²) in [5, 5.41) is 13.9. The number of aromatic nitrogens is 3. The minimum Gasteiger partial charge on any atom is -0.385 e. The fourth-order valence-electron chi connectivity index (χ4n) is 2.49. The third kappa shape index (κ3) is 2.04. The van der Waals surface area contributed by atoms with Crippen molar-refractivity contribution in [3.8, 4) is 0 Å². The number of nitrogens with zero attached hydrogens (tertiary/aromatic N) is 3. The van der Waals surface area contributed by atoms with Gasteiger partial charge in [0.05, 0.1) is 0 Å². The van der Waals surface area contributed by atoms with E-state index in [9.17, 15) is 9.50 Å². The Morgan fingerprint density at radius 1 is 1.42 bits per heavy atom. The molecule has 0 bridgehead atoms. The van der Waals surface area contributed by atoms with Gasteiger partial charge in [0.1, 0.15) is 11.9 Å². The number of alkyl halides is 1. The molecule has 0 saturated carbocycles. The zero-order valence-corrected chi connectivity index (χ0v) is 10.7. The van der Waals surface area contributed by atoms with Crippen LogP contribution in [-0.2, 0) is 0 Å². The van der Waals surface area contributed by atoms with E-state index in [0.717, 1.165) is 5.56 Å². The zero-order chi connectivity index (χ0) is 13.4. The highest BCUT2D eigenvalue weighted by atomic mass is 19.1. The molecule has 4 nitrogen and oxygen atoms in total. The zero-order valence-electron chi connectivity index (χ0n) is 10.7. The molecule has 3 atom stereocenters. The molecule has 1 aromatic carbocycles. The smallest absolute Gasteiger partial charge is 0.194 e. The summed E-state index contributed by atoms with van der Waals surface area (Å²) in [5.74, 6) is 0.850. The first-order chi connectivity index (χ1) is 9.20. The molecular weight excluding hydrogens is 245 g/mol. The largest absolute Gasteiger partial charge is 0.385 e. The number of halogens is 1. The van der Waals surface area contributed by atoms with Crippen molar-refractivity contribution in [3.63, 3.8) is 0 Å². The SMILES string of the molecule is CCC(O)c1nc2n(n1)[C@H](F)C[C@@H]2c1ccccc1. The number of hydrogen-bond donors (Lipinski definition) is 1. The number of aliphatic hydroxyl groups is 1. The summed E-state index contributed by atoms with van der Waals surface area (Å²) < 4.78 is 15.3. The lowest BCUT2D eigenvalue weighted by Crippen LogP contribution is -2.03. The Morgan fingerprint density at radius 3 is 2.84 bits per heavy atom. The molecule has 19 heavy (non-hydrogen) atoms. The Kier molecular flexibility index (Phi) is 3.06. The number of rotatable bonds is 3. The molecule has 1 aromatic heterocycles. The number of benzene rings is 1. The molecule has 3 rings (SSSR count). The molecule has 1 aliphatic heterocycles. The van der Waals surface area contributed by atoms with E-state index in [0.29, 0.717) is 24.5 Å². The quantitative estimate of drug-likeness (QED) is 0.924. The number of hydrogen-bond acceptors (Lipinski definition) is 3. The molecule has 0 fully saturated rings. The molecule has 0 spiro atoms. The van der Waals surface area contributed by atoms with Gasteiger partial charge in [0.25, 0.3) is 0 Å². The standard InChI is InChI=1S/C14H16FN3O/c1-2-11(19)13-16-14-10(8-12(15)18(14)17-13)9-6-4-3-5-7-9/h3-7,10-12,19H,2,8H2,1H3/t10-,11?,12+/m1/s1. The average Bonchev–Trinajstić information content (AvgIpc) is 3.00. The van der Waals surface area contributed by atoms with Crippen LogP contribution in [0.1, 0.15) is 55.3 Å². The number of fused-ring (bicyclic) bond motifs is 1. The van der Waals surface area contributed by atoms with Gasteiger partial charge in [-0.1, -0.05) is 37.3 Å². The fourth-order valence-corrected chi connectivity index (χ4v) is 2.49. The molecule has 2 heterocycles. The maximum absolute atomic E-state index is 14.0. The first-order valence-electron chi connectivity index (χ1n) is 6.54. The van der Waals surface area contributed by atoms with Gasteiger partial charge in [0.2, 0.25) is 0 Å². The highest BCUT2D eigenvalue weighted by Gasteiger charge is 2.35. The van der Waals surface area contributed by atoms with Crippen molar-refractivity contribution in [2.24, 2.45) is 0 Å². The normalized spacial score (nSPS) is 23.3. The van der Waals surface area contributed by atoms with E-state index < -0.39 is 12.4 Å². The first-order valence-corrected chi connectivity index (χ1v) is 6.54. The van der Waals surface area contributed by atoms with Crippen LogP contribution >= 0.6 is 0 Å². The lowest BCUT2D eigenvalue weighted by Gasteiger charge is -2.08. The van der Waals surface area contributed by atoms with Gasteiger partial charge in [-0.3, -0.25) is 0 Å². The van der Waals surface area contributed by atoms with Crippen molar-refractivity contribution in [2.75, 3.05) is 0 Å². The predicted octanol–water partition coefficient (Wildman–Crippen LogP) is 2.73. The van der Waals surface area contributed by atoms with Crippen molar-refractivity contribution in [1.29, 1.82) is 0 Å². The predicted molar refractivity (Wildman–Crippen MR) is 68.3 cm³/mol. The molecule has 1 unspecified atom stereocenters. The van der Waals surface area contributed by atoms with Gasteiger partial charge in [-0.25, -0.2) is 14.1 Å². The van der Waals surface area contributed by atoms with Gasteiger partial charge in [-0.05, 0) is 12.0 Å². The number of aliphatic hydroxyl groups excluding tert-OH is 1. The van der Waals surface area contributed by atoms with E-state index >= 15 is 0 Å². The Hall–Kier alpha value is -1.75. The first kappa shape index (κ1) is 12.3. The fraction of sp³-hybridized carbons (Fsp3) is 0.429. The summed E-state index contributed by atoms with van der Waals surface area (Å²) in [4.78, 5) is 4.33. The van der Waals surface area contributed by atoms with Crippen molar-refractivity contribution < 1.29 is 9.50 Å². The summed E-state index contributed by atoms with van der Waals surface area (Å²) in [6.07, 6.45) is -0.995. The Bertz CT molecular complexity index is 569. The maximum atomic E-state index is 14.0. The summed E-state index contributed by atoms with van der Waals surface area (Å²) in [6.45, 7) is 1.85. The van der Waals surface area contributed by atoms with Crippen LogP contribution in [0.5, 0.6) is 0 Å². The Morgan fingerprint density at radius 2 is 2.16 bits per heavy atom. The van der Waals surface area contributed by atoms with Crippen LogP contribution < -0.4 is 0 Å². The van der Waals surface area contributed by atoms with Crippen molar-refractivity contribution in [1.82, 2.24) is 14.8 Å². The van der Waals surface area contributed by atoms with Crippen LogP contribution in [0.2, 0.25) is 0 Å². The summed E-state index contributed by atoms with van der Waals surface area (Å²) in [5.41, 5.74) is 1.04. The van der Waals surface area contributed by atoms with Gasteiger partial charge < -0.3 is 5.11 Å². The second-order valence-corrected chi connectivity index (χ2v) is 4.83. The summed E-state index contributed by atoms with van der Waals surface area (Å²) in [7, 11) is 0. The minimum atomic E-state index is -1.16. The summed E-state index contributed by atoms with van der Waals surface area (Å²) in [6, 6.07) is 9.74. The molecule has 0 saturated heterocycles. The molecule has 0 amide bonds. The van der Waals surface area contributed by atoms with E-state index in [1.165, 1.54) is 4.68 Å². The van der Waals surface area contributed by atoms with Crippen molar-refractivity contribution >= 4 is 0 Å². The lowest BCUT2D eigenvalue weighted by atomic mass is 9.97. The van der Waals surface area contributed by atoms with Gasteiger partial charge in [-0.2, -0.15) is 5.10 Å². The van der Waals surface area contributed by atoms with Crippen LogP contribution in [0.3, 0.4) is 0 Å². The lowest BCUT2D eigenvalue weighted by molar-refractivity contribution is 0.159. The molecule has 0 radical (unpaired) electrons. The molecular formula is C14H16FN3O. The highest BCUT2D eigenvalue weighted by molar-refractivity contribution is 5.28. The van der Waals surface area contributed by atoms with Crippen LogP contribution in [0.15, 0.2) is 30.3 Å². The van der Waals surface area contributed by atoms with Crippen LogP contribution in [0.4, 0.5) is 4.39 Å². The van der Waals surface area contributed by atoms with Crippen molar-refractivity contribution in [2.45, 2.75) is 38.1 Å². The van der Waals surface area contributed by atoms with Gasteiger partial charge in [-0.15, -0.1) is 0 Å². The van der Waals surface area contributed by atoms with E-state index in [2.05, 4.69) is 10.1 Å². The van der Waals surface area contributed by atoms with E-state index in [1.54, 1.807) is 0 Å². The van der Waals surface area contributed by atoms with E-state index in [4.69, 9.17) is 0 Å².